The van der Waals surface area contributed by atoms with Gasteiger partial charge in [-0.1, -0.05) is 11.6 Å². The number of benzene rings is 1. The van der Waals surface area contributed by atoms with Crippen LogP contribution in [0.1, 0.15) is 37.8 Å². The molecule has 3 nitrogen and oxygen atoms in total. The van der Waals surface area contributed by atoms with Crippen molar-refractivity contribution in [1.29, 1.82) is 0 Å². The number of nitrogens with one attached hydrogen (secondary N) is 2. The summed E-state index contributed by atoms with van der Waals surface area (Å²) in [6, 6.07) is 6.52. The molecule has 2 heterocycles. The summed E-state index contributed by atoms with van der Waals surface area (Å²) in [6.45, 7) is 3.08. The van der Waals surface area contributed by atoms with E-state index in [1.165, 1.54) is 10.5 Å². The van der Waals surface area contributed by atoms with E-state index in [9.17, 15) is 4.79 Å². The summed E-state index contributed by atoms with van der Waals surface area (Å²) in [5, 5.41) is 7.39. The first-order valence-corrected chi connectivity index (χ1v) is 8.96. The van der Waals surface area contributed by atoms with Gasteiger partial charge >= 0.3 is 0 Å². The van der Waals surface area contributed by atoms with Gasteiger partial charge in [-0.2, -0.15) is 0 Å². The number of thioether (sulfide) groups is 1. The van der Waals surface area contributed by atoms with E-state index in [1.807, 2.05) is 23.9 Å². The highest BCUT2D eigenvalue weighted by atomic mass is 35.5. The fourth-order valence-electron chi connectivity index (χ4n) is 3.17. The number of carbonyl (C=O) groups is 1. The van der Waals surface area contributed by atoms with Crippen LogP contribution in [0.25, 0.3) is 0 Å². The van der Waals surface area contributed by atoms with Gasteiger partial charge in [-0.3, -0.25) is 4.79 Å². The molecule has 0 aliphatic carbocycles. The maximum atomic E-state index is 12.5. The highest BCUT2D eigenvalue weighted by Gasteiger charge is 2.28. The van der Waals surface area contributed by atoms with Crippen molar-refractivity contribution in [3.63, 3.8) is 0 Å². The molecule has 0 aromatic heterocycles. The lowest BCUT2D eigenvalue weighted by Gasteiger charge is -2.31. The number of carbonyl (C=O) groups excluding carboxylic acids is 1. The molecule has 1 amide bonds. The van der Waals surface area contributed by atoms with E-state index in [0.29, 0.717) is 6.04 Å². The maximum Gasteiger partial charge on any atom is 0.223 e. The molecule has 2 N–H and O–H groups in total. The Labute approximate surface area is 147 Å². The van der Waals surface area contributed by atoms with Crippen molar-refractivity contribution in [1.82, 2.24) is 10.6 Å². The lowest BCUT2D eigenvalue weighted by atomic mass is 9.91. The molecule has 1 fully saturated rings. The summed E-state index contributed by atoms with van der Waals surface area (Å²) in [6.07, 6.45) is 2.83. The highest BCUT2D eigenvalue weighted by Crippen LogP contribution is 2.37. The molecule has 1 aromatic carbocycles. The zero-order chi connectivity index (χ0) is 14.8. The third-order valence-electron chi connectivity index (χ3n) is 4.32. The molecular weight excluding hydrogens is 339 g/mol. The van der Waals surface area contributed by atoms with E-state index in [4.69, 9.17) is 11.6 Å². The molecule has 2 aliphatic heterocycles. The van der Waals surface area contributed by atoms with Gasteiger partial charge in [0.15, 0.2) is 0 Å². The number of hydrogen-bond acceptors (Lipinski definition) is 3. The number of amides is 1. The quantitative estimate of drug-likeness (QED) is 0.842. The molecule has 0 radical (unpaired) electrons. The SMILES string of the molecule is C[C@H]1C[C@@H](C(=O)NC2CCSc3ccc(Cl)cc32)CCN1.Cl. The Hall–Kier alpha value is -0.420. The topological polar surface area (TPSA) is 41.1 Å². The molecular formula is C16H22Cl2N2OS. The third kappa shape index (κ3) is 4.10. The van der Waals surface area contributed by atoms with Crippen LogP contribution in [0.15, 0.2) is 23.1 Å². The second-order valence-corrected chi connectivity index (χ2v) is 7.53. The second kappa shape index (κ2) is 7.91. The summed E-state index contributed by atoms with van der Waals surface area (Å²) in [7, 11) is 0. The zero-order valence-corrected chi connectivity index (χ0v) is 15.0. The predicted molar refractivity (Wildman–Crippen MR) is 95.1 cm³/mol. The summed E-state index contributed by atoms with van der Waals surface area (Å²) in [5.41, 5.74) is 1.18. The van der Waals surface area contributed by atoms with Gasteiger partial charge in [-0.25, -0.2) is 0 Å². The molecule has 0 spiro atoms. The number of halogens is 2. The molecule has 0 bridgehead atoms. The van der Waals surface area contributed by atoms with Crippen molar-refractivity contribution in [3.05, 3.63) is 28.8 Å². The molecule has 1 saturated heterocycles. The van der Waals surface area contributed by atoms with Crippen LogP contribution in [0.2, 0.25) is 5.02 Å². The number of hydrogen-bond donors (Lipinski definition) is 2. The van der Waals surface area contributed by atoms with Gasteiger partial charge in [0.1, 0.15) is 0 Å². The third-order valence-corrected chi connectivity index (χ3v) is 5.68. The summed E-state index contributed by atoms with van der Waals surface area (Å²) < 4.78 is 0. The molecule has 1 unspecified atom stereocenters. The predicted octanol–water partition coefficient (Wildman–Crippen LogP) is 3.80. The number of fused-ring (bicyclic) bond motifs is 1. The number of piperidine rings is 1. The van der Waals surface area contributed by atoms with E-state index in [0.717, 1.165) is 36.6 Å². The van der Waals surface area contributed by atoms with Crippen LogP contribution in [0.4, 0.5) is 0 Å². The van der Waals surface area contributed by atoms with Crippen LogP contribution >= 0.6 is 35.8 Å². The van der Waals surface area contributed by atoms with E-state index in [2.05, 4.69) is 23.6 Å². The van der Waals surface area contributed by atoms with Crippen molar-refractivity contribution < 1.29 is 4.79 Å². The average Bonchev–Trinajstić information content (AvgIpc) is 2.48. The van der Waals surface area contributed by atoms with Crippen molar-refractivity contribution in [2.75, 3.05) is 12.3 Å². The molecule has 6 heteroatoms. The Bertz CT molecular complexity index is 541. The van der Waals surface area contributed by atoms with Crippen LogP contribution in [-0.4, -0.2) is 24.2 Å². The second-order valence-electron chi connectivity index (χ2n) is 5.96. The lowest BCUT2D eigenvalue weighted by molar-refractivity contribution is -0.126. The van der Waals surface area contributed by atoms with Crippen LogP contribution in [0, 0.1) is 5.92 Å². The Kier molecular flexibility index (Phi) is 6.45. The van der Waals surface area contributed by atoms with E-state index < -0.39 is 0 Å². The fourth-order valence-corrected chi connectivity index (χ4v) is 4.46. The van der Waals surface area contributed by atoms with Gasteiger partial charge in [-0.15, -0.1) is 24.2 Å². The summed E-state index contributed by atoms with van der Waals surface area (Å²) >= 11 is 7.96. The van der Waals surface area contributed by atoms with E-state index >= 15 is 0 Å². The minimum atomic E-state index is 0. The first-order valence-electron chi connectivity index (χ1n) is 7.59. The molecule has 3 rings (SSSR count). The van der Waals surface area contributed by atoms with Gasteiger partial charge in [-0.05, 0) is 56.5 Å². The highest BCUT2D eigenvalue weighted by molar-refractivity contribution is 7.99. The Morgan fingerprint density at radius 2 is 2.23 bits per heavy atom. The zero-order valence-electron chi connectivity index (χ0n) is 12.6. The average molecular weight is 361 g/mol. The fraction of sp³-hybridized carbons (Fsp3) is 0.562. The Morgan fingerprint density at radius 1 is 1.41 bits per heavy atom. The first kappa shape index (κ1) is 17.9. The van der Waals surface area contributed by atoms with Crippen molar-refractivity contribution in [2.45, 2.75) is 43.2 Å². The molecule has 2 aliphatic rings. The molecule has 0 saturated carbocycles. The molecule has 3 atom stereocenters. The minimum absolute atomic E-state index is 0. The monoisotopic (exact) mass is 360 g/mol. The van der Waals surface area contributed by atoms with Crippen molar-refractivity contribution in [3.8, 4) is 0 Å². The first-order chi connectivity index (χ1) is 10.1. The number of rotatable bonds is 2. The van der Waals surface area contributed by atoms with Gasteiger partial charge < -0.3 is 10.6 Å². The summed E-state index contributed by atoms with van der Waals surface area (Å²) in [4.78, 5) is 13.8. The largest absolute Gasteiger partial charge is 0.349 e. The van der Waals surface area contributed by atoms with E-state index in [-0.39, 0.29) is 30.3 Å². The van der Waals surface area contributed by atoms with Gasteiger partial charge in [0.2, 0.25) is 5.91 Å². The Morgan fingerprint density at radius 3 is 3.00 bits per heavy atom. The smallest absolute Gasteiger partial charge is 0.223 e. The van der Waals surface area contributed by atoms with Gasteiger partial charge in [0.05, 0.1) is 6.04 Å². The van der Waals surface area contributed by atoms with Gasteiger partial charge in [0, 0.05) is 27.6 Å². The Balaban J connectivity index is 0.00000176. The molecule has 1 aromatic rings. The minimum Gasteiger partial charge on any atom is -0.349 e. The standard InChI is InChI=1S/C16H21ClN2OS.ClH/c1-10-8-11(4-6-18-10)16(20)19-14-5-7-21-15-3-2-12(17)9-13(14)15;/h2-3,9-11,14,18H,4-8H2,1H3,(H,19,20);1H/t10-,11-,14?;/m0./s1. The summed E-state index contributed by atoms with van der Waals surface area (Å²) in [5.74, 6) is 1.38. The van der Waals surface area contributed by atoms with Crippen LogP contribution in [0.3, 0.4) is 0 Å². The van der Waals surface area contributed by atoms with E-state index in [1.54, 1.807) is 0 Å². The van der Waals surface area contributed by atoms with Crippen LogP contribution in [0.5, 0.6) is 0 Å². The van der Waals surface area contributed by atoms with Crippen LogP contribution in [-0.2, 0) is 4.79 Å². The van der Waals surface area contributed by atoms with Gasteiger partial charge in [0.25, 0.3) is 0 Å². The molecule has 22 heavy (non-hydrogen) atoms. The normalized spacial score (nSPS) is 27.5. The van der Waals surface area contributed by atoms with Crippen LogP contribution < -0.4 is 10.6 Å². The van der Waals surface area contributed by atoms with Crippen molar-refractivity contribution >= 4 is 41.7 Å². The lowest BCUT2D eigenvalue weighted by Crippen LogP contribution is -2.43. The maximum absolute atomic E-state index is 12.5. The van der Waals surface area contributed by atoms with Crippen molar-refractivity contribution in [2.24, 2.45) is 5.92 Å². The molecule has 122 valence electrons.